The monoisotopic (exact) mass is 380 g/mol. The fourth-order valence-corrected chi connectivity index (χ4v) is 7.36. The summed E-state index contributed by atoms with van der Waals surface area (Å²) in [5, 5.41) is 0. The molecule has 28 heavy (non-hydrogen) atoms. The topological polar surface area (TPSA) is 0 Å². The zero-order chi connectivity index (χ0) is 20.1. The summed E-state index contributed by atoms with van der Waals surface area (Å²) in [7, 11) is 0. The number of fused-ring (bicyclic) bond motifs is 4. The highest BCUT2D eigenvalue weighted by molar-refractivity contribution is 5.50. The Morgan fingerprint density at radius 3 is 2.46 bits per heavy atom. The maximum Gasteiger partial charge on any atom is -0.0102 e. The van der Waals surface area contributed by atoms with Gasteiger partial charge in [-0.25, -0.2) is 0 Å². The minimum absolute atomic E-state index is 0.544. The average molecular weight is 381 g/mol. The van der Waals surface area contributed by atoms with Gasteiger partial charge in [-0.05, 0) is 121 Å². The third-order valence-electron chi connectivity index (χ3n) is 9.69. The molecule has 1 fully saturated rings. The van der Waals surface area contributed by atoms with Crippen LogP contribution >= 0.6 is 0 Å². The Labute approximate surface area is 174 Å². The van der Waals surface area contributed by atoms with Crippen molar-refractivity contribution in [3.8, 4) is 0 Å². The van der Waals surface area contributed by atoms with Crippen LogP contribution < -0.4 is 0 Å². The molecule has 1 saturated carbocycles. The first kappa shape index (κ1) is 20.5. The van der Waals surface area contributed by atoms with Crippen LogP contribution in [0.3, 0.4) is 0 Å². The number of aryl methyl sites for hydroxylation is 1. The summed E-state index contributed by atoms with van der Waals surface area (Å²) in [5.74, 6) is 4.35. The van der Waals surface area contributed by atoms with Gasteiger partial charge in [-0.2, -0.15) is 0 Å². The molecule has 0 unspecified atom stereocenters. The molecule has 0 saturated heterocycles. The smallest absolute Gasteiger partial charge is 0.0102 e. The second-order valence-electron chi connectivity index (χ2n) is 11.4. The normalized spacial score (nSPS) is 31.2. The molecule has 0 spiro atoms. The molecule has 0 radical (unpaired) electrons. The minimum atomic E-state index is 0.544. The van der Waals surface area contributed by atoms with Crippen molar-refractivity contribution in [2.45, 2.75) is 112 Å². The molecular formula is C28H44. The van der Waals surface area contributed by atoms with Crippen LogP contribution in [0, 0.1) is 36.0 Å². The van der Waals surface area contributed by atoms with Crippen molar-refractivity contribution in [3.05, 3.63) is 33.9 Å². The molecule has 0 N–H and O–H groups in total. The van der Waals surface area contributed by atoms with E-state index in [-0.39, 0.29) is 0 Å². The predicted molar refractivity (Wildman–Crippen MR) is 122 cm³/mol. The van der Waals surface area contributed by atoms with Crippen LogP contribution in [0.1, 0.15) is 113 Å². The van der Waals surface area contributed by atoms with Gasteiger partial charge in [0.25, 0.3) is 0 Å². The van der Waals surface area contributed by atoms with Crippen LogP contribution in [-0.2, 0) is 19.3 Å². The summed E-state index contributed by atoms with van der Waals surface area (Å²) >= 11 is 0. The molecule has 0 heterocycles. The van der Waals surface area contributed by atoms with E-state index in [0.29, 0.717) is 5.41 Å². The summed E-state index contributed by atoms with van der Waals surface area (Å²) in [6.45, 7) is 15.0. The first-order valence-electron chi connectivity index (χ1n) is 12.5. The van der Waals surface area contributed by atoms with E-state index in [1.807, 2.05) is 0 Å². The van der Waals surface area contributed by atoms with Gasteiger partial charge in [-0.3, -0.25) is 0 Å². The van der Waals surface area contributed by atoms with Crippen molar-refractivity contribution in [2.75, 3.05) is 0 Å². The Hall–Kier alpha value is -0.780. The van der Waals surface area contributed by atoms with Gasteiger partial charge in [0.1, 0.15) is 0 Å². The highest BCUT2D eigenvalue weighted by Crippen LogP contribution is 2.61. The molecule has 5 atom stereocenters. The Kier molecular flexibility index (Phi) is 5.71. The summed E-state index contributed by atoms with van der Waals surface area (Å²) in [6, 6.07) is 2.70. The predicted octanol–water partition coefficient (Wildman–Crippen LogP) is 8.03. The first-order chi connectivity index (χ1) is 13.3. The van der Waals surface area contributed by atoms with Gasteiger partial charge >= 0.3 is 0 Å². The summed E-state index contributed by atoms with van der Waals surface area (Å²) in [6.07, 6.45) is 14.0. The van der Waals surface area contributed by atoms with E-state index in [1.54, 1.807) is 27.8 Å². The van der Waals surface area contributed by atoms with Crippen molar-refractivity contribution in [1.29, 1.82) is 0 Å². The first-order valence-corrected chi connectivity index (χ1v) is 12.5. The van der Waals surface area contributed by atoms with Gasteiger partial charge in [-0.15, -0.1) is 0 Å². The minimum Gasteiger partial charge on any atom is -0.0625 e. The number of rotatable bonds is 5. The van der Waals surface area contributed by atoms with Crippen LogP contribution in [-0.4, -0.2) is 0 Å². The standard InChI is InChI=1S/C28H44/c1-18(2)19(3)11-12-20(4)26-13-14-27-25-17-22-9-7-8-10-23(22)21(5)24(25)15-16-28(26,27)6/h17-20,26-27H,7-16H2,1-6H3/t19-,20+,26-,27+,28-/m1/s1. The van der Waals surface area contributed by atoms with Crippen LogP contribution in [0.2, 0.25) is 0 Å². The van der Waals surface area contributed by atoms with Crippen LogP contribution in [0.25, 0.3) is 0 Å². The number of hydrogen-bond donors (Lipinski definition) is 0. The summed E-state index contributed by atoms with van der Waals surface area (Å²) in [4.78, 5) is 0. The van der Waals surface area contributed by atoms with E-state index in [0.717, 1.165) is 29.6 Å². The van der Waals surface area contributed by atoms with Crippen molar-refractivity contribution >= 4 is 0 Å². The number of benzene rings is 1. The molecule has 156 valence electrons. The highest BCUT2D eigenvalue weighted by atomic mass is 14.6. The van der Waals surface area contributed by atoms with Crippen LogP contribution in [0.15, 0.2) is 6.07 Å². The molecule has 0 heteroatoms. The molecule has 3 aliphatic carbocycles. The molecule has 1 aromatic rings. The van der Waals surface area contributed by atoms with Crippen molar-refractivity contribution in [1.82, 2.24) is 0 Å². The molecule has 1 aromatic carbocycles. The lowest BCUT2D eigenvalue weighted by Gasteiger charge is -2.45. The Morgan fingerprint density at radius 1 is 0.964 bits per heavy atom. The van der Waals surface area contributed by atoms with Gasteiger partial charge in [0.2, 0.25) is 0 Å². The maximum absolute atomic E-state index is 2.70. The van der Waals surface area contributed by atoms with Crippen molar-refractivity contribution in [2.24, 2.45) is 29.1 Å². The Bertz CT molecular complexity index is 711. The molecule has 0 amide bonds. The lowest BCUT2D eigenvalue weighted by molar-refractivity contribution is 0.115. The molecule has 3 aliphatic rings. The van der Waals surface area contributed by atoms with Gasteiger partial charge < -0.3 is 0 Å². The van der Waals surface area contributed by atoms with Gasteiger partial charge in [0.05, 0.1) is 0 Å². The quantitative estimate of drug-likeness (QED) is 0.485. The van der Waals surface area contributed by atoms with E-state index in [2.05, 4.69) is 47.6 Å². The molecule has 0 aromatic heterocycles. The van der Waals surface area contributed by atoms with E-state index in [1.165, 1.54) is 64.2 Å². The van der Waals surface area contributed by atoms with Crippen molar-refractivity contribution in [3.63, 3.8) is 0 Å². The fraction of sp³-hybridized carbons (Fsp3) is 0.786. The molecule has 0 nitrogen and oxygen atoms in total. The second kappa shape index (κ2) is 7.81. The third kappa shape index (κ3) is 3.37. The summed E-state index contributed by atoms with van der Waals surface area (Å²) in [5.41, 5.74) is 9.25. The van der Waals surface area contributed by atoms with Gasteiger partial charge in [0, 0.05) is 0 Å². The van der Waals surface area contributed by atoms with Crippen LogP contribution in [0.5, 0.6) is 0 Å². The maximum atomic E-state index is 2.70. The zero-order valence-corrected chi connectivity index (χ0v) is 19.5. The van der Waals surface area contributed by atoms with Crippen LogP contribution in [0.4, 0.5) is 0 Å². The molecule has 0 bridgehead atoms. The SMILES string of the molecule is Cc1c2c(cc3c1CC[C@]1(C)[C@@H]([C@@H](C)CC[C@@H](C)C(C)C)CC[C@@H]31)CCCC2. The van der Waals surface area contributed by atoms with Gasteiger partial charge in [0.15, 0.2) is 0 Å². The highest BCUT2D eigenvalue weighted by Gasteiger charge is 2.51. The number of hydrogen-bond acceptors (Lipinski definition) is 0. The lowest BCUT2D eigenvalue weighted by atomic mass is 9.59. The zero-order valence-electron chi connectivity index (χ0n) is 19.5. The Morgan fingerprint density at radius 2 is 1.71 bits per heavy atom. The Balaban J connectivity index is 1.57. The van der Waals surface area contributed by atoms with E-state index in [4.69, 9.17) is 0 Å². The average Bonchev–Trinajstić information content (AvgIpc) is 3.03. The fourth-order valence-electron chi connectivity index (χ4n) is 7.36. The summed E-state index contributed by atoms with van der Waals surface area (Å²) < 4.78 is 0. The largest absolute Gasteiger partial charge is 0.0625 e. The van der Waals surface area contributed by atoms with E-state index < -0.39 is 0 Å². The van der Waals surface area contributed by atoms with E-state index in [9.17, 15) is 0 Å². The molecule has 4 rings (SSSR count). The van der Waals surface area contributed by atoms with Crippen molar-refractivity contribution < 1.29 is 0 Å². The lowest BCUT2D eigenvalue weighted by Crippen LogP contribution is -2.36. The second-order valence-corrected chi connectivity index (χ2v) is 11.4. The van der Waals surface area contributed by atoms with Gasteiger partial charge in [-0.1, -0.05) is 53.5 Å². The van der Waals surface area contributed by atoms with E-state index >= 15 is 0 Å². The molecule has 0 aliphatic heterocycles. The third-order valence-corrected chi connectivity index (χ3v) is 9.69. The molecular weight excluding hydrogens is 336 g/mol.